The second kappa shape index (κ2) is 8.11. The molecule has 0 fully saturated rings. The fraction of sp³-hybridized carbons (Fsp3) is 0.350. The zero-order valence-electron chi connectivity index (χ0n) is 14.4. The number of nitrogens with one attached hydrogen (secondary N) is 2. The first-order valence-corrected chi connectivity index (χ1v) is 8.57. The van der Waals surface area contributed by atoms with Crippen molar-refractivity contribution in [2.24, 2.45) is 5.92 Å². The third kappa shape index (κ3) is 5.07. The Bertz CT molecular complexity index is 650. The monoisotopic (exact) mass is 326 g/mol. The average molecular weight is 327 g/mol. The summed E-state index contributed by atoms with van der Waals surface area (Å²) in [5.41, 5.74) is 4.83. The Morgan fingerprint density at radius 3 is 2.35 bits per heavy atom. The first kappa shape index (κ1) is 17.5. The zero-order valence-corrected chi connectivity index (χ0v) is 15.2. The van der Waals surface area contributed by atoms with Crippen LogP contribution in [0.15, 0.2) is 48.5 Å². The van der Waals surface area contributed by atoms with Crippen LogP contribution in [0.1, 0.15) is 43.0 Å². The van der Waals surface area contributed by atoms with Gasteiger partial charge in [-0.15, -0.1) is 0 Å². The largest absolute Gasteiger partial charge is 0.356 e. The van der Waals surface area contributed by atoms with E-state index in [2.05, 4.69) is 80.8 Å². The molecule has 0 unspecified atom stereocenters. The van der Waals surface area contributed by atoms with Crippen molar-refractivity contribution >= 4 is 23.0 Å². The van der Waals surface area contributed by atoms with Crippen LogP contribution in [0.4, 0.5) is 5.69 Å². The molecule has 0 amide bonds. The van der Waals surface area contributed by atoms with Crippen LogP contribution in [0.2, 0.25) is 0 Å². The molecule has 0 aromatic heterocycles. The second-order valence-corrected chi connectivity index (χ2v) is 6.85. The van der Waals surface area contributed by atoms with Gasteiger partial charge in [0.1, 0.15) is 0 Å². The van der Waals surface area contributed by atoms with Crippen LogP contribution in [0, 0.1) is 19.8 Å². The Hall–Kier alpha value is -1.87. The SMILES string of the molecule is Cc1cccc(NC(=S)N[C@H](CC(C)C)c2ccccc2)c1C. The zero-order chi connectivity index (χ0) is 16.8. The molecule has 2 aromatic rings. The molecule has 122 valence electrons. The van der Waals surface area contributed by atoms with Crippen molar-refractivity contribution in [3.8, 4) is 0 Å². The molecule has 0 saturated heterocycles. The van der Waals surface area contributed by atoms with Crippen molar-refractivity contribution in [2.45, 2.75) is 40.2 Å². The molecule has 3 heteroatoms. The third-order valence-corrected chi connectivity index (χ3v) is 4.29. The van der Waals surface area contributed by atoms with Crippen LogP contribution in [0.3, 0.4) is 0 Å². The predicted octanol–water partition coefficient (Wildman–Crippen LogP) is 5.38. The molecule has 0 aliphatic rings. The molecule has 0 spiro atoms. The lowest BCUT2D eigenvalue weighted by atomic mass is 9.97. The lowest BCUT2D eigenvalue weighted by Gasteiger charge is -2.23. The van der Waals surface area contributed by atoms with Gasteiger partial charge in [0, 0.05) is 5.69 Å². The number of hydrogen-bond donors (Lipinski definition) is 2. The van der Waals surface area contributed by atoms with E-state index in [1.165, 1.54) is 16.7 Å². The minimum absolute atomic E-state index is 0.223. The summed E-state index contributed by atoms with van der Waals surface area (Å²) in [6, 6.07) is 17.0. The molecule has 23 heavy (non-hydrogen) atoms. The van der Waals surface area contributed by atoms with Crippen molar-refractivity contribution in [1.82, 2.24) is 5.32 Å². The maximum absolute atomic E-state index is 5.55. The quantitative estimate of drug-likeness (QED) is 0.722. The van der Waals surface area contributed by atoms with E-state index in [1.807, 2.05) is 6.07 Å². The molecule has 0 heterocycles. The van der Waals surface area contributed by atoms with Crippen LogP contribution in [-0.4, -0.2) is 5.11 Å². The molecular weight excluding hydrogens is 300 g/mol. The van der Waals surface area contributed by atoms with Crippen molar-refractivity contribution in [2.75, 3.05) is 5.32 Å². The highest BCUT2D eigenvalue weighted by Crippen LogP contribution is 2.22. The van der Waals surface area contributed by atoms with E-state index in [4.69, 9.17) is 12.2 Å². The summed E-state index contributed by atoms with van der Waals surface area (Å²) in [6.07, 6.45) is 1.04. The summed E-state index contributed by atoms with van der Waals surface area (Å²) in [4.78, 5) is 0. The number of thiocarbonyl (C=S) groups is 1. The Morgan fingerprint density at radius 1 is 1.00 bits per heavy atom. The molecule has 1 atom stereocenters. The van der Waals surface area contributed by atoms with Crippen LogP contribution < -0.4 is 10.6 Å². The fourth-order valence-electron chi connectivity index (χ4n) is 2.64. The third-order valence-electron chi connectivity index (χ3n) is 4.07. The summed E-state index contributed by atoms with van der Waals surface area (Å²) in [7, 11) is 0. The number of rotatable bonds is 5. The Kier molecular flexibility index (Phi) is 6.17. The molecule has 0 saturated carbocycles. The number of benzene rings is 2. The van der Waals surface area contributed by atoms with Gasteiger partial charge in [-0.05, 0) is 61.2 Å². The van der Waals surface area contributed by atoms with Gasteiger partial charge in [-0.3, -0.25) is 0 Å². The predicted molar refractivity (Wildman–Crippen MR) is 104 cm³/mol. The van der Waals surface area contributed by atoms with Crippen LogP contribution in [-0.2, 0) is 0 Å². The highest BCUT2D eigenvalue weighted by atomic mass is 32.1. The molecular formula is C20H26N2S. The lowest BCUT2D eigenvalue weighted by Crippen LogP contribution is -2.33. The lowest BCUT2D eigenvalue weighted by molar-refractivity contribution is 0.481. The summed E-state index contributed by atoms with van der Waals surface area (Å²) in [6.45, 7) is 8.70. The standard InChI is InChI=1S/C20H26N2S/c1-14(2)13-19(17-10-6-5-7-11-17)22-20(23)21-18-12-8-9-15(3)16(18)4/h5-12,14,19H,13H2,1-4H3,(H2,21,22,23)/t19-/m1/s1. The topological polar surface area (TPSA) is 24.1 Å². The van der Waals surface area contributed by atoms with E-state index in [1.54, 1.807) is 0 Å². The summed E-state index contributed by atoms with van der Waals surface area (Å²) in [5.74, 6) is 0.594. The first-order valence-electron chi connectivity index (χ1n) is 8.16. The maximum atomic E-state index is 5.55. The number of hydrogen-bond acceptors (Lipinski definition) is 1. The van der Waals surface area contributed by atoms with E-state index in [9.17, 15) is 0 Å². The number of aryl methyl sites for hydroxylation is 1. The Balaban J connectivity index is 2.10. The van der Waals surface area contributed by atoms with Gasteiger partial charge in [-0.25, -0.2) is 0 Å². The summed E-state index contributed by atoms with van der Waals surface area (Å²) < 4.78 is 0. The van der Waals surface area contributed by atoms with Gasteiger partial charge in [0.2, 0.25) is 0 Å². The van der Waals surface area contributed by atoms with E-state index in [0.29, 0.717) is 11.0 Å². The molecule has 0 radical (unpaired) electrons. The molecule has 0 bridgehead atoms. The van der Waals surface area contributed by atoms with Crippen molar-refractivity contribution in [1.29, 1.82) is 0 Å². The normalized spacial score (nSPS) is 12.0. The van der Waals surface area contributed by atoms with Crippen molar-refractivity contribution < 1.29 is 0 Å². The first-order chi connectivity index (χ1) is 11.0. The van der Waals surface area contributed by atoms with Gasteiger partial charge in [0.25, 0.3) is 0 Å². The van der Waals surface area contributed by atoms with Gasteiger partial charge in [0.15, 0.2) is 5.11 Å². The Labute approximate surface area is 145 Å². The van der Waals surface area contributed by atoms with E-state index in [-0.39, 0.29) is 6.04 Å². The van der Waals surface area contributed by atoms with Crippen LogP contribution in [0.5, 0.6) is 0 Å². The van der Waals surface area contributed by atoms with Gasteiger partial charge >= 0.3 is 0 Å². The minimum atomic E-state index is 0.223. The molecule has 2 aromatic carbocycles. The van der Waals surface area contributed by atoms with E-state index >= 15 is 0 Å². The highest BCUT2D eigenvalue weighted by molar-refractivity contribution is 7.80. The summed E-state index contributed by atoms with van der Waals surface area (Å²) in [5, 5.41) is 7.50. The van der Waals surface area contributed by atoms with Gasteiger partial charge in [0.05, 0.1) is 6.04 Å². The fourth-order valence-corrected chi connectivity index (χ4v) is 2.89. The smallest absolute Gasteiger partial charge is 0.171 e. The van der Waals surface area contributed by atoms with Crippen molar-refractivity contribution in [3.63, 3.8) is 0 Å². The van der Waals surface area contributed by atoms with E-state index < -0.39 is 0 Å². The van der Waals surface area contributed by atoms with E-state index in [0.717, 1.165) is 12.1 Å². The molecule has 2 N–H and O–H groups in total. The molecule has 2 nitrogen and oxygen atoms in total. The minimum Gasteiger partial charge on any atom is -0.356 e. The molecule has 2 rings (SSSR count). The second-order valence-electron chi connectivity index (χ2n) is 6.44. The number of anilines is 1. The average Bonchev–Trinajstić information content (AvgIpc) is 2.51. The van der Waals surface area contributed by atoms with Gasteiger partial charge in [-0.2, -0.15) is 0 Å². The van der Waals surface area contributed by atoms with Crippen LogP contribution >= 0.6 is 12.2 Å². The molecule has 0 aliphatic carbocycles. The van der Waals surface area contributed by atoms with Crippen LogP contribution in [0.25, 0.3) is 0 Å². The van der Waals surface area contributed by atoms with Crippen molar-refractivity contribution in [3.05, 3.63) is 65.2 Å². The summed E-state index contributed by atoms with van der Waals surface area (Å²) >= 11 is 5.55. The van der Waals surface area contributed by atoms with Gasteiger partial charge < -0.3 is 10.6 Å². The maximum Gasteiger partial charge on any atom is 0.171 e. The Morgan fingerprint density at radius 2 is 1.70 bits per heavy atom. The highest BCUT2D eigenvalue weighted by Gasteiger charge is 2.14. The van der Waals surface area contributed by atoms with Gasteiger partial charge in [-0.1, -0.05) is 56.3 Å². The molecule has 0 aliphatic heterocycles.